The number of nitrogens with zero attached hydrogens (tertiary/aromatic N) is 2. The molecule has 0 bridgehead atoms. The van der Waals surface area contributed by atoms with Crippen LogP contribution < -0.4 is 5.73 Å². The zero-order valence-electron chi connectivity index (χ0n) is 9.38. The van der Waals surface area contributed by atoms with Crippen molar-refractivity contribution in [1.82, 2.24) is 0 Å². The molecule has 1 rings (SSSR count). The van der Waals surface area contributed by atoms with E-state index in [0.29, 0.717) is 0 Å². The molecule has 0 unspecified atom stereocenters. The van der Waals surface area contributed by atoms with Crippen LogP contribution in [-0.2, 0) is 0 Å². The summed E-state index contributed by atoms with van der Waals surface area (Å²) in [5, 5.41) is 37.4. The summed E-state index contributed by atoms with van der Waals surface area (Å²) in [4.78, 5) is 9.62. The van der Waals surface area contributed by atoms with Crippen LogP contribution in [0.2, 0.25) is 0 Å². The molecule has 0 spiro atoms. The molecule has 7 nitrogen and oxygen atoms in total. The molecule has 1 aromatic rings. The maximum Gasteiger partial charge on any atom is 0.312 e. The van der Waals surface area contributed by atoms with E-state index < -0.39 is 40.5 Å². The third kappa shape index (κ3) is 2.75. The number of benzene rings is 1. The number of hydrogen-bond acceptors (Lipinski definition) is 6. The van der Waals surface area contributed by atoms with Gasteiger partial charge in [-0.25, -0.2) is 8.78 Å². The highest BCUT2D eigenvalue weighted by Gasteiger charge is 2.40. The Labute approximate surface area is 105 Å². The van der Waals surface area contributed by atoms with Gasteiger partial charge in [-0.05, 0) is 6.07 Å². The van der Waals surface area contributed by atoms with Gasteiger partial charge in [-0.2, -0.15) is 5.26 Å². The molecule has 0 saturated carbocycles. The molecule has 0 aliphatic rings. The number of alkyl halides is 2. The third-order valence-electron chi connectivity index (χ3n) is 2.45. The van der Waals surface area contributed by atoms with Crippen LogP contribution in [0.3, 0.4) is 0 Å². The monoisotopic (exact) mass is 273 g/mol. The van der Waals surface area contributed by atoms with Crippen LogP contribution in [0.5, 0.6) is 5.75 Å². The molecule has 0 saturated heterocycles. The molecule has 4 N–H and O–H groups in total. The van der Waals surface area contributed by atoms with Gasteiger partial charge in [0.05, 0.1) is 16.6 Å². The molecule has 19 heavy (non-hydrogen) atoms. The maximum atomic E-state index is 13.2. The predicted molar refractivity (Wildman–Crippen MR) is 58.4 cm³/mol. The standard InChI is InChI=1S/C10H9F2N3O4/c11-10(12,4-16)9(14)6-1-5(3-13)2-7(8(6)17)15(18)19/h1-2,9,16-17H,4,14H2/t9-/m1/s1. The first-order valence-corrected chi connectivity index (χ1v) is 4.90. The minimum atomic E-state index is -3.79. The van der Waals surface area contributed by atoms with Crippen molar-refractivity contribution in [3.05, 3.63) is 33.4 Å². The predicted octanol–water partition coefficient (Wildman–Crippen LogP) is 0.799. The summed E-state index contributed by atoms with van der Waals surface area (Å²) in [6, 6.07) is 0.914. The van der Waals surface area contributed by atoms with Gasteiger partial charge in [-0.15, -0.1) is 0 Å². The van der Waals surface area contributed by atoms with E-state index >= 15 is 0 Å². The molecule has 0 radical (unpaired) electrons. The second-order valence-electron chi connectivity index (χ2n) is 3.70. The third-order valence-corrected chi connectivity index (χ3v) is 2.45. The van der Waals surface area contributed by atoms with Crippen LogP contribution >= 0.6 is 0 Å². The quantitative estimate of drug-likeness (QED) is 0.548. The molecule has 0 heterocycles. The van der Waals surface area contributed by atoms with Crippen molar-refractivity contribution in [2.45, 2.75) is 12.0 Å². The van der Waals surface area contributed by atoms with E-state index in [1.54, 1.807) is 0 Å². The Kier molecular flexibility index (Phi) is 3.98. The topological polar surface area (TPSA) is 133 Å². The van der Waals surface area contributed by atoms with Crippen molar-refractivity contribution in [3.63, 3.8) is 0 Å². The molecular weight excluding hydrogens is 264 g/mol. The lowest BCUT2D eigenvalue weighted by atomic mass is 9.98. The van der Waals surface area contributed by atoms with Gasteiger partial charge in [0.25, 0.3) is 5.92 Å². The second kappa shape index (κ2) is 5.13. The molecule has 9 heteroatoms. The van der Waals surface area contributed by atoms with E-state index in [9.17, 15) is 24.0 Å². The van der Waals surface area contributed by atoms with Gasteiger partial charge in [0, 0.05) is 11.6 Å². The van der Waals surface area contributed by atoms with E-state index in [-0.39, 0.29) is 5.56 Å². The first kappa shape index (κ1) is 14.7. The van der Waals surface area contributed by atoms with Crippen molar-refractivity contribution in [2.75, 3.05) is 6.61 Å². The van der Waals surface area contributed by atoms with Gasteiger partial charge in [0.2, 0.25) is 0 Å². The number of nitriles is 1. The molecule has 0 aliphatic carbocycles. The molecule has 102 valence electrons. The van der Waals surface area contributed by atoms with Gasteiger partial charge in [-0.1, -0.05) is 0 Å². The summed E-state index contributed by atoms with van der Waals surface area (Å²) in [7, 11) is 0. The average molecular weight is 273 g/mol. The van der Waals surface area contributed by atoms with Crippen LogP contribution in [0, 0.1) is 21.4 Å². The van der Waals surface area contributed by atoms with Crippen LogP contribution in [-0.4, -0.2) is 27.7 Å². The van der Waals surface area contributed by atoms with Crippen molar-refractivity contribution < 1.29 is 23.9 Å². The lowest BCUT2D eigenvalue weighted by Crippen LogP contribution is -2.36. The summed E-state index contributed by atoms with van der Waals surface area (Å²) >= 11 is 0. The molecule has 0 amide bonds. The average Bonchev–Trinajstić information content (AvgIpc) is 2.37. The number of nitro benzene ring substituents is 1. The highest BCUT2D eigenvalue weighted by molar-refractivity contribution is 5.57. The van der Waals surface area contributed by atoms with E-state index in [1.807, 2.05) is 0 Å². The number of nitrogens with two attached hydrogens (primary N) is 1. The zero-order valence-corrected chi connectivity index (χ0v) is 9.38. The van der Waals surface area contributed by atoms with E-state index in [0.717, 1.165) is 12.1 Å². The summed E-state index contributed by atoms with van der Waals surface area (Å²) in [5.74, 6) is -4.84. The molecule has 0 aromatic heterocycles. The lowest BCUT2D eigenvalue weighted by Gasteiger charge is -2.22. The van der Waals surface area contributed by atoms with Gasteiger partial charge >= 0.3 is 5.69 Å². The summed E-state index contributed by atoms with van der Waals surface area (Å²) in [6.45, 7) is -1.60. The molecule has 0 aliphatic heterocycles. The van der Waals surface area contributed by atoms with E-state index in [1.165, 1.54) is 6.07 Å². The van der Waals surface area contributed by atoms with Gasteiger partial charge < -0.3 is 15.9 Å². The summed E-state index contributed by atoms with van der Waals surface area (Å²) in [6.07, 6.45) is 0. The SMILES string of the molecule is N#Cc1cc([C@@H](N)C(F)(F)CO)c(O)c([N+](=O)[O-])c1. The lowest BCUT2D eigenvalue weighted by molar-refractivity contribution is -0.386. The Morgan fingerprint density at radius 2 is 2.16 bits per heavy atom. The van der Waals surface area contributed by atoms with Crippen LogP contribution in [0.25, 0.3) is 0 Å². The smallest absolute Gasteiger partial charge is 0.312 e. The van der Waals surface area contributed by atoms with Gasteiger partial charge in [0.15, 0.2) is 5.75 Å². The number of phenols is 1. The molecule has 1 atom stereocenters. The zero-order chi connectivity index (χ0) is 14.8. The number of aromatic hydroxyl groups is 1. The molecular formula is C10H9F2N3O4. The number of hydrogen-bond donors (Lipinski definition) is 3. The van der Waals surface area contributed by atoms with E-state index in [4.69, 9.17) is 16.1 Å². The summed E-state index contributed by atoms with van der Waals surface area (Å²) < 4.78 is 26.5. The second-order valence-corrected chi connectivity index (χ2v) is 3.70. The van der Waals surface area contributed by atoms with Crippen molar-refractivity contribution >= 4 is 5.69 Å². The maximum absolute atomic E-state index is 13.2. The Morgan fingerprint density at radius 3 is 2.58 bits per heavy atom. The number of halogens is 2. The number of aliphatic hydroxyl groups excluding tert-OH is 1. The Balaban J connectivity index is 3.48. The first-order chi connectivity index (χ1) is 8.74. The van der Waals surface area contributed by atoms with Crippen molar-refractivity contribution in [3.8, 4) is 11.8 Å². The minimum Gasteiger partial charge on any atom is -0.502 e. The largest absolute Gasteiger partial charge is 0.502 e. The number of nitro groups is 1. The Hall–Kier alpha value is -2.31. The highest BCUT2D eigenvalue weighted by Crippen LogP contribution is 2.39. The minimum absolute atomic E-state index is 0.302. The first-order valence-electron chi connectivity index (χ1n) is 4.90. The highest BCUT2D eigenvalue weighted by atomic mass is 19.3. The van der Waals surface area contributed by atoms with Crippen molar-refractivity contribution in [2.24, 2.45) is 5.73 Å². The number of phenolic OH excluding ortho intramolecular Hbond substituents is 1. The fraction of sp³-hybridized carbons (Fsp3) is 0.300. The van der Waals surface area contributed by atoms with Gasteiger partial charge in [-0.3, -0.25) is 10.1 Å². The van der Waals surface area contributed by atoms with Crippen LogP contribution in [0.4, 0.5) is 14.5 Å². The van der Waals surface area contributed by atoms with E-state index in [2.05, 4.69) is 0 Å². The fourth-order valence-electron chi connectivity index (χ4n) is 1.41. The normalized spacial score (nSPS) is 12.8. The number of aliphatic hydroxyl groups is 1. The van der Waals surface area contributed by atoms with Crippen LogP contribution in [0.1, 0.15) is 17.2 Å². The van der Waals surface area contributed by atoms with Gasteiger partial charge in [0.1, 0.15) is 12.6 Å². The number of rotatable bonds is 4. The molecule has 1 aromatic carbocycles. The Morgan fingerprint density at radius 1 is 1.58 bits per heavy atom. The van der Waals surface area contributed by atoms with Crippen molar-refractivity contribution in [1.29, 1.82) is 5.26 Å². The van der Waals surface area contributed by atoms with Crippen LogP contribution in [0.15, 0.2) is 12.1 Å². The summed E-state index contributed by atoms with van der Waals surface area (Å²) in [5.41, 5.74) is 3.29. The fourth-order valence-corrected chi connectivity index (χ4v) is 1.41. The molecule has 0 fully saturated rings. The Bertz CT molecular complexity index is 556.